The summed E-state index contributed by atoms with van der Waals surface area (Å²) in [5, 5.41) is 7.82. The largest absolute Gasteiger partial charge is 0.493 e. The molecule has 0 saturated heterocycles. The van der Waals surface area contributed by atoms with Crippen LogP contribution in [0.15, 0.2) is 84.9 Å². The van der Waals surface area contributed by atoms with Crippen LogP contribution in [0.25, 0.3) is 5.69 Å². The lowest BCUT2D eigenvalue weighted by atomic mass is 10.2. The Morgan fingerprint density at radius 3 is 2.22 bits per heavy atom. The number of nitrogens with zero attached hydrogens (tertiary/aromatic N) is 3. The number of benzene rings is 3. The standard InChI is InChI=1S/C29H32N4O3/c1-4-19-30-29(34)32(20-23-13-7-5-8-14-23)21-25-22(2)31-33(24-15-9-6-10-16-24)28(25)36-27-18-12-11-17-26(27)35-3/h5-18H,4,19-21H2,1-3H3,(H,30,34). The Kier molecular flexibility index (Phi) is 8.24. The van der Waals surface area contributed by atoms with Gasteiger partial charge < -0.3 is 19.7 Å². The molecular formula is C29H32N4O3. The molecule has 7 nitrogen and oxygen atoms in total. The topological polar surface area (TPSA) is 68.6 Å². The van der Waals surface area contributed by atoms with E-state index in [1.165, 1.54) is 0 Å². The molecule has 7 heteroatoms. The number of ether oxygens (including phenoxy) is 2. The first kappa shape index (κ1) is 24.9. The molecule has 3 aromatic carbocycles. The third-order valence-electron chi connectivity index (χ3n) is 5.79. The van der Waals surface area contributed by atoms with Gasteiger partial charge in [-0.25, -0.2) is 9.48 Å². The third kappa shape index (κ3) is 5.86. The number of hydrogen-bond donors (Lipinski definition) is 1. The maximum Gasteiger partial charge on any atom is 0.318 e. The number of amides is 2. The van der Waals surface area contributed by atoms with Crippen LogP contribution in [0.3, 0.4) is 0 Å². The zero-order chi connectivity index (χ0) is 25.3. The zero-order valence-electron chi connectivity index (χ0n) is 21.0. The molecule has 0 aliphatic heterocycles. The maximum absolute atomic E-state index is 13.2. The zero-order valence-corrected chi connectivity index (χ0v) is 21.0. The lowest BCUT2D eigenvalue weighted by Gasteiger charge is -2.24. The van der Waals surface area contributed by atoms with E-state index in [1.54, 1.807) is 16.7 Å². The molecule has 0 aliphatic rings. The summed E-state index contributed by atoms with van der Waals surface area (Å²) in [4.78, 5) is 15.0. The van der Waals surface area contributed by atoms with Crippen LogP contribution in [0.5, 0.6) is 17.4 Å². The van der Waals surface area contributed by atoms with E-state index in [1.807, 2.05) is 98.8 Å². The molecule has 36 heavy (non-hydrogen) atoms. The van der Waals surface area contributed by atoms with Crippen LogP contribution in [0.2, 0.25) is 0 Å². The Bertz CT molecular complexity index is 1270. The number of carbonyl (C=O) groups is 1. The number of carbonyl (C=O) groups excluding carboxylic acids is 1. The van der Waals surface area contributed by atoms with Gasteiger partial charge in [0, 0.05) is 13.1 Å². The van der Waals surface area contributed by atoms with Gasteiger partial charge >= 0.3 is 6.03 Å². The minimum atomic E-state index is -0.129. The molecule has 0 radical (unpaired) electrons. The molecule has 0 aliphatic carbocycles. The molecule has 0 fully saturated rings. The maximum atomic E-state index is 13.2. The molecule has 4 aromatic rings. The average Bonchev–Trinajstić information content (AvgIpc) is 3.22. The highest BCUT2D eigenvalue weighted by Gasteiger charge is 2.24. The molecule has 186 valence electrons. The Balaban J connectivity index is 1.76. The fourth-order valence-corrected chi connectivity index (χ4v) is 3.91. The normalized spacial score (nSPS) is 10.6. The number of aryl methyl sites for hydroxylation is 1. The van der Waals surface area contributed by atoms with Crippen molar-refractivity contribution in [2.45, 2.75) is 33.4 Å². The van der Waals surface area contributed by atoms with Gasteiger partial charge in [0.2, 0.25) is 5.88 Å². The highest BCUT2D eigenvalue weighted by atomic mass is 16.5. The predicted molar refractivity (Wildman–Crippen MR) is 141 cm³/mol. The second-order valence-corrected chi connectivity index (χ2v) is 8.44. The summed E-state index contributed by atoms with van der Waals surface area (Å²) in [5.41, 5.74) is 3.52. The fraction of sp³-hybridized carbons (Fsp3) is 0.241. The monoisotopic (exact) mass is 484 g/mol. The molecule has 1 heterocycles. The van der Waals surface area contributed by atoms with E-state index in [4.69, 9.17) is 14.6 Å². The minimum Gasteiger partial charge on any atom is -0.493 e. The predicted octanol–water partition coefficient (Wildman–Crippen LogP) is 6.10. The van der Waals surface area contributed by atoms with E-state index in [0.29, 0.717) is 37.0 Å². The smallest absolute Gasteiger partial charge is 0.318 e. The van der Waals surface area contributed by atoms with E-state index in [-0.39, 0.29) is 6.03 Å². The van der Waals surface area contributed by atoms with Crippen molar-refractivity contribution in [1.29, 1.82) is 0 Å². The van der Waals surface area contributed by atoms with E-state index >= 15 is 0 Å². The summed E-state index contributed by atoms with van der Waals surface area (Å²) in [6.45, 7) is 5.37. The number of nitrogens with one attached hydrogen (secondary N) is 1. The van der Waals surface area contributed by atoms with Crippen LogP contribution in [0.1, 0.15) is 30.2 Å². The van der Waals surface area contributed by atoms with Crippen molar-refractivity contribution in [3.05, 3.63) is 102 Å². The van der Waals surface area contributed by atoms with Crippen molar-refractivity contribution in [2.24, 2.45) is 0 Å². The van der Waals surface area contributed by atoms with E-state index < -0.39 is 0 Å². The summed E-state index contributed by atoms with van der Waals surface area (Å²) < 4.78 is 13.8. The fourth-order valence-electron chi connectivity index (χ4n) is 3.91. The van der Waals surface area contributed by atoms with E-state index in [0.717, 1.165) is 28.9 Å². The third-order valence-corrected chi connectivity index (χ3v) is 5.79. The minimum absolute atomic E-state index is 0.129. The number of aromatic nitrogens is 2. The van der Waals surface area contributed by atoms with Crippen LogP contribution in [-0.4, -0.2) is 34.4 Å². The molecule has 1 aromatic heterocycles. The van der Waals surface area contributed by atoms with Gasteiger partial charge in [-0.1, -0.05) is 67.6 Å². The average molecular weight is 485 g/mol. The highest BCUT2D eigenvalue weighted by molar-refractivity contribution is 5.74. The molecule has 0 unspecified atom stereocenters. The number of para-hydroxylation sites is 3. The SMILES string of the molecule is CCCNC(=O)N(Cc1ccccc1)Cc1c(C)nn(-c2ccccc2)c1Oc1ccccc1OC. The van der Waals surface area contributed by atoms with Crippen molar-refractivity contribution >= 4 is 6.03 Å². The Hall–Kier alpha value is -4.26. The molecule has 0 saturated carbocycles. The number of urea groups is 1. The lowest BCUT2D eigenvalue weighted by Crippen LogP contribution is -2.39. The van der Waals surface area contributed by atoms with Crippen molar-refractivity contribution in [3.8, 4) is 23.1 Å². The van der Waals surface area contributed by atoms with Gasteiger partial charge in [-0.05, 0) is 43.2 Å². The number of methoxy groups -OCH3 is 1. The summed E-state index contributed by atoms with van der Waals surface area (Å²) in [5.74, 6) is 1.73. The first-order valence-corrected chi connectivity index (χ1v) is 12.1. The highest BCUT2D eigenvalue weighted by Crippen LogP contribution is 2.36. The van der Waals surface area contributed by atoms with Gasteiger partial charge in [0.25, 0.3) is 0 Å². The van der Waals surface area contributed by atoms with Gasteiger partial charge in [0.15, 0.2) is 11.5 Å². The molecule has 1 N–H and O–H groups in total. The molecule has 2 amide bonds. The molecule has 4 rings (SSSR count). The van der Waals surface area contributed by atoms with Gasteiger partial charge in [0.05, 0.1) is 30.6 Å². The van der Waals surface area contributed by atoms with Crippen LogP contribution < -0.4 is 14.8 Å². The summed E-state index contributed by atoms with van der Waals surface area (Å²) >= 11 is 0. The molecule has 0 spiro atoms. The van der Waals surface area contributed by atoms with E-state index in [2.05, 4.69) is 5.32 Å². The lowest BCUT2D eigenvalue weighted by molar-refractivity contribution is 0.191. The second-order valence-electron chi connectivity index (χ2n) is 8.44. The van der Waals surface area contributed by atoms with Crippen LogP contribution in [0, 0.1) is 6.92 Å². The van der Waals surface area contributed by atoms with Gasteiger partial charge in [-0.15, -0.1) is 0 Å². The Labute approximate surface area is 212 Å². The number of rotatable bonds is 10. The summed E-state index contributed by atoms with van der Waals surface area (Å²) in [7, 11) is 1.61. The van der Waals surface area contributed by atoms with Crippen molar-refractivity contribution in [3.63, 3.8) is 0 Å². The summed E-state index contributed by atoms with van der Waals surface area (Å²) in [6, 6.07) is 27.2. The Morgan fingerprint density at radius 2 is 1.56 bits per heavy atom. The van der Waals surface area contributed by atoms with Gasteiger partial charge in [0.1, 0.15) is 0 Å². The van der Waals surface area contributed by atoms with E-state index in [9.17, 15) is 4.79 Å². The van der Waals surface area contributed by atoms with Crippen LogP contribution in [0.4, 0.5) is 4.79 Å². The van der Waals surface area contributed by atoms with Gasteiger partial charge in [-0.2, -0.15) is 5.10 Å². The Morgan fingerprint density at radius 1 is 0.917 bits per heavy atom. The first-order valence-electron chi connectivity index (χ1n) is 12.1. The molecule has 0 atom stereocenters. The van der Waals surface area contributed by atoms with Crippen molar-refractivity contribution < 1.29 is 14.3 Å². The van der Waals surface area contributed by atoms with Crippen LogP contribution >= 0.6 is 0 Å². The molecular weight excluding hydrogens is 452 g/mol. The quantitative estimate of drug-likeness (QED) is 0.295. The first-order chi connectivity index (χ1) is 17.6. The number of hydrogen-bond acceptors (Lipinski definition) is 4. The van der Waals surface area contributed by atoms with Crippen molar-refractivity contribution in [1.82, 2.24) is 20.0 Å². The van der Waals surface area contributed by atoms with Crippen LogP contribution in [-0.2, 0) is 13.1 Å². The summed E-state index contributed by atoms with van der Waals surface area (Å²) in [6.07, 6.45) is 0.859. The van der Waals surface area contributed by atoms with Gasteiger partial charge in [-0.3, -0.25) is 0 Å². The second kappa shape index (κ2) is 11.9. The molecule has 0 bridgehead atoms. The van der Waals surface area contributed by atoms with Crippen molar-refractivity contribution in [2.75, 3.05) is 13.7 Å².